The molecule has 1 fully saturated rings. The van der Waals surface area contributed by atoms with Crippen LogP contribution in [0.5, 0.6) is 0 Å². The van der Waals surface area contributed by atoms with Gasteiger partial charge in [0.25, 0.3) is 0 Å². The molecule has 5 heteroatoms. The number of benzene rings is 1. The Balaban J connectivity index is 2.13. The number of guanidine groups is 1. The van der Waals surface area contributed by atoms with Crippen LogP contribution in [-0.4, -0.2) is 28.5 Å². The lowest BCUT2D eigenvalue weighted by Crippen LogP contribution is -2.38. The van der Waals surface area contributed by atoms with Gasteiger partial charge in [-0.05, 0) is 31.0 Å². The molecule has 2 aliphatic heterocycles. The fraction of sp³-hybridized carbons (Fsp3) is 0.333. The van der Waals surface area contributed by atoms with Gasteiger partial charge in [-0.15, -0.1) is 0 Å². The summed E-state index contributed by atoms with van der Waals surface area (Å²) in [6.45, 7) is 0.900. The first kappa shape index (κ1) is 10.1. The largest absolute Gasteiger partial charge is 0.478 e. The number of carboxylic acids is 1. The van der Waals surface area contributed by atoms with Crippen molar-refractivity contribution in [2.24, 2.45) is 10.7 Å². The van der Waals surface area contributed by atoms with E-state index in [-0.39, 0.29) is 6.04 Å². The van der Waals surface area contributed by atoms with Gasteiger partial charge in [-0.25, -0.2) is 9.79 Å². The van der Waals surface area contributed by atoms with Crippen molar-refractivity contribution in [3.05, 3.63) is 29.3 Å². The van der Waals surface area contributed by atoms with Crippen LogP contribution in [0, 0.1) is 0 Å². The molecule has 1 atom stereocenters. The highest BCUT2D eigenvalue weighted by atomic mass is 16.4. The SMILES string of the molecule is NC1=Nc2ccc(C(=O)O)cc2[C@H]2CCCN12. The first-order chi connectivity index (χ1) is 8.16. The number of hydrogen-bond acceptors (Lipinski definition) is 4. The highest BCUT2D eigenvalue weighted by Gasteiger charge is 2.32. The summed E-state index contributed by atoms with van der Waals surface area (Å²) in [6.07, 6.45) is 2.07. The second-order valence-corrected chi connectivity index (χ2v) is 4.40. The molecule has 0 aliphatic carbocycles. The Labute approximate surface area is 98.6 Å². The minimum atomic E-state index is -0.903. The van der Waals surface area contributed by atoms with Crippen molar-refractivity contribution in [2.45, 2.75) is 18.9 Å². The van der Waals surface area contributed by atoms with E-state index in [1.54, 1.807) is 18.2 Å². The van der Waals surface area contributed by atoms with Gasteiger partial charge in [0.05, 0.1) is 17.3 Å². The van der Waals surface area contributed by atoms with Crippen LogP contribution in [-0.2, 0) is 0 Å². The van der Waals surface area contributed by atoms with Crippen LogP contribution in [0.2, 0.25) is 0 Å². The van der Waals surface area contributed by atoms with Crippen LogP contribution >= 0.6 is 0 Å². The smallest absolute Gasteiger partial charge is 0.335 e. The van der Waals surface area contributed by atoms with Crippen molar-refractivity contribution >= 4 is 17.6 Å². The summed E-state index contributed by atoms with van der Waals surface area (Å²) >= 11 is 0. The average molecular weight is 231 g/mol. The first-order valence-electron chi connectivity index (χ1n) is 5.65. The van der Waals surface area contributed by atoms with Crippen LogP contribution in [0.3, 0.4) is 0 Å². The predicted molar refractivity (Wildman–Crippen MR) is 63.4 cm³/mol. The molecule has 0 unspecified atom stereocenters. The number of hydrogen-bond donors (Lipinski definition) is 2. The Kier molecular flexibility index (Phi) is 2.07. The van der Waals surface area contributed by atoms with Crippen molar-refractivity contribution in [3.8, 4) is 0 Å². The van der Waals surface area contributed by atoms with Crippen LogP contribution in [0.15, 0.2) is 23.2 Å². The van der Waals surface area contributed by atoms with Gasteiger partial charge < -0.3 is 15.7 Å². The summed E-state index contributed by atoms with van der Waals surface area (Å²) in [5.41, 5.74) is 7.99. The fourth-order valence-corrected chi connectivity index (χ4v) is 2.61. The van der Waals surface area contributed by atoms with E-state index in [2.05, 4.69) is 4.99 Å². The van der Waals surface area contributed by atoms with Crippen LogP contribution in [0.1, 0.15) is 34.8 Å². The molecule has 2 aliphatic rings. The summed E-state index contributed by atoms with van der Waals surface area (Å²) in [6, 6.07) is 5.22. The highest BCUT2D eigenvalue weighted by molar-refractivity contribution is 5.90. The van der Waals surface area contributed by atoms with E-state index in [1.807, 2.05) is 4.90 Å². The Morgan fingerprint density at radius 2 is 2.35 bits per heavy atom. The van der Waals surface area contributed by atoms with Gasteiger partial charge in [-0.1, -0.05) is 0 Å². The van der Waals surface area contributed by atoms with E-state index in [0.717, 1.165) is 30.6 Å². The number of nitrogens with two attached hydrogens (primary N) is 1. The number of aliphatic imine (C=N–C) groups is 1. The molecule has 5 nitrogen and oxygen atoms in total. The molecule has 0 radical (unpaired) electrons. The van der Waals surface area contributed by atoms with Crippen molar-refractivity contribution in [1.82, 2.24) is 4.90 Å². The molecule has 1 saturated heterocycles. The molecule has 1 aromatic carbocycles. The molecule has 0 bridgehead atoms. The van der Waals surface area contributed by atoms with E-state index in [9.17, 15) is 4.79 Å². The second kappa shape index (κ2) is 3.48. The van der Waals surface area contributed by atoms with Gasteiger partial charge >= 0.3 is 5.97 Å². The summed E-state index contributed by atoms with van der Waals surface area (Å²) in [5, 5.41) is 9.00. The molecule has 3 N–H and O–H groups in total. The Morgan fingerprint density at radius 3 is 3.12 bits per heavy atom. The van der Waals surface area contributed by atoms with Crippen molar-refractivity contribution < 1.29 is 9.90 Å². The molecule has 0 amide bonds. The molecule has 0 saturated carbocycles. The molecular weight excluding hydrogens is 218 g/mol. The van der Waals surface area contributed by atoms with E-state index in [1.165, 1.54) is 0 Å². The first-order valence-corrected chi connectivity index (χ1v) is 5.65. The maximum absolute atomic E-state index is 11.0. The number of carboxylic acid groups (broad SMARTS) is 1. The zero-order valence-electron chi connectivity index (χ0n) is 9.26. The molecule has 0 aromatic heterocycles. The number of fused-ring (bicyclic) bond motifs is 3. The van der Waals surface area contributed by atoms with Crippen molar-refractivity contribution in [2.75, 3.05) is 6.54 Å². The Bertz CT molecular complexity index is 524. The van der Waals surface area contributed by atoms with Gasteiger partial charge in [0, 0.05) is 12.1 Å². The minimum absolute atomic E-state index is 0.196. The van der Waals surface area contributed by atoms with E-state index in [0.29, 0.717) is 11.5 Å². The lowest BCUT2D eigenvalue weighted by atomic mass is 9.98. The maximum Gasteiger partial charge on any atom is 0.335 e. The number of rotatable bonds is 1. The van der Waals surface area contributed by atoms with Gasteiger partial charge in [0.1, 0.15) is 0 Å². The standard InChI is InChI=1S/C12H13N3O2/c13-12-14-9-4-3-7(11(16)17)6-8(9)10-2-1-5-15(10)12/h3-4,6,10H,1-2,5H2,(H2,13,14)(H,16,17)/t10-/m1/s1. The van der Waals surface area contributed by atoms with E-state index >= 15 is 0 Å². The van der Waals surface area contributed by atoms with Crippen LogP contribution in [0.4, 0.5) is 5.69 Å². The van der Waals surface area contributed by atoms with Gasteiger partial charge in [0.15, 0.2) is 5.96 Å². The lowest BCUT2D eigenvalue weighted by molar-refractivity contribution is 0.0696. The maximum atomic E-state index is 11.0. The number of carbonyl (C=O) groups is 1. The quantitative estimate of drug-likeness (QED) is 0.767. The third-order valence-electron chi connectivity index (χ3n) is 3.42. The lowest BCUT2D eigenvalue weighted by Gasteiger charge is -2.30. The summed E-state index contributed by atoms with van der Waals surface area (Å²) in [7, 11) is 0. The van der Waals surface area contributed by atoms with Crippen molar-refractivity contribution in [1.29, 1.82) is 0 Å². The predicted octanol–water partition coefficient (Wildman–Crippen LogP) is 1.48. The molecular formula is C12H13N3O2. The second-order valence-electron chi connectivity index (χ2n) is 4.40. The third kappa shape index (κ3) is 1.46. The van der Waals surface area contributed by atoms with Crippen LogP contribution < -0.4 is 5.73 Å². The molecule has 3 rings (SSSR count). The monoisotopic (exact) mass is 231 g/mol. The molecule has 2 heterocycles. The number of nitrogens with zero attached hydrogens (tertiary/aromatic N) is 2. The zero-order valence-corrected chi connectivity index (χ0v) is 9.26. The number of aromatic carboxylic acids is 1. The summed E-state index contributed by atoms with van der Waals surface area (Å²) in [4.78, 5) is 17.3. The van der Waals surface area contributed by atoms with Gasteiger partial charge in [0.2, 0.25) is 0 Å². The average Bonchev–Trinajstić information content (AvgIpc) is 2.78. The minimum Gasteiger partial charge on any atom is -0.478 e. The van der Waals surface area contributed by atoms with E-state index in [4.69, 9.17) is 10.8 Å². The molecule has 1 aromatic rings. The topological polar surface area (TPSA) is 78.9 Å². The van der Waals surface area contributed by atoms with Gasteiger partial charge in [-0.3, -0.25) is 0 Å². The molecule has 0 spiro atoms. The van der Waals surface area contributed by atoms with Crippen molar-refractivity contribution in [3.63, 3.8) is 0 Å². The Hall–Kier alpha value is -2.04. The van der Waals surface area contributed by atoms with Gasteiger partial charge in [-0.2, -0.15) is 0 Å². The molecule has 88 valence electrons. The summed E-state index contributed by atoms with van der Waals surface area (Å²) in [5.74, 6) is -0.358. The zero-order chi connectivity index (χ0) is 12.0. The highest BCUT2D eigenvalue weighted by Crippen LogP contribution is 2.40. The summed E-state index contributed by atoms with van der Waals surface area (Å²) < 4.78 is 0. The fourth-order valence-electron chi connectivity index (χ4n) is 2.61. The third-order valence-corrected chi connectivity index (χ3v) is 3.42. The molecule has 17 heavy (non-hydrogen) atoms. The Morgan fingerprint density at radius 1 is 1.53 bits per heavy atom. The van der Waals surface area contributed by atoms with E-state index < -0.39 is 5.97 Å². The van der Waals surface area contributed by atoms with Crippen LogP contribution in [0.25, 0.3) is 0 Å². The normalized spacial score (nSPS) is 21.8.